The van der Waals surface area contributed by atoms with E-state index in [1.165, 1.54) is 25.1 Å². The lowest BCUT2D eigenvalue weighted by atomic mass is 10.1. The molecule has 0 aliphatic carbocycles. The molecule has 2 aromatic carbocycles. The molecule has 1 aliphatic rings. The molecule has 7 heteroatoms. The number of hydrogen-bond donors (Lipinski definition) is 0. The van der Waals surface area contributed by atoms with Crippen LogP contribution in [0.3, 0.4) is 0 Å². The van der Waals surface area contributed by atoms with Gasteiger partial charge < -0.3 is 18.9 Å². The number of halogens is 2. The third kappa shape index (κ3) is 6.24. The van der Waals surface area contributed by atoms with Crippen molar-refractivity contribution in [3.63, 3.8) is 0 Å². The largest absolute Gasteiger partial charge is 0.490 e. The number of ketones is 1. The van der Waals surface area contributed by atoms with Crippen molar-refractivity contribution in [2.24, 2.45) is 0 Å². The molecule has 0 aromatic heterocycles. The maximum Gasteiger partial charge on any atom is 0.161 e. The molecule has 0 unspecified atom stereocenters. The van der Waals surface area contributed by atoms with Crippen LogP contribution in [-0.2, 0) is 16.1 Å². The van der Waals surface area contributed by atoms with Gasteiger partial charge in [-0.15, -0.1) is 0 Å². The Morgan fingerprint density at radius 1 is 1.07 bits per heavy atom. The molecule has 1 aliphatic heterocycles. The molecule has 0 bridgehead atoms. The summed E-state index contributed by atoms with van der Waals surface area (Å²) in [4.78, 5) is 11.7. The van der Waals surface area contributed by atoms with Gasteiger partial charge in [0.15, 0.2) is 23.6 Å². The fourth-order valence-electron chi connectivity index (χ4n) is 3.08. The minimum atomic E-state index is -0.681. The van der Waals surface area contributed by atoms with Gasteiger partial charge in [-0.1, -0.05) is 6.07 Å². The van der Waals surface area contributed by atoms with Gasteiger partial charge in [-0.05, 0) is 56.5 Å². The van der Waals surface area contributed by atoms with Crippen LogP contribution in [-0.4, -0.2) is 31.9 Å². The van der Waals surface area contributed by atoms with E-state index in [1.54, 1.807) is 18.2 Å². The summed E-state index contributed by atoms with van der Waals surface area (Å²) in [5, 5.41) is 0. The van der Waals surface area contributed by atoms with Gasteiger partial charge in [-0.3, -0.25) is 4.79 Å². The van der Waals surface area contributed by atoms with Gasteiger partial charge in [0, 0.05) is 18.6 Å². The molecule has 0 spiro atoms. The van der Waals surface area contributed by atoms with Crippen LogP contribution in [0.4, 0.5) is 8.78 Å². The predicted molar refractivity (Wildman–Crippen MR) is 107 cm³/mol. The molecule has 1 fully saturated rings. The molecule has 5 nitrogen and oxygen atoms in total. The molecule has 0 saturated carbocycles. The number of hydrogen-bond acceptors (Lipinski definition) is 5. The Hall–Kier alpha value is -2.51. The van der Waals surface area contributed by atoms with Crippen molar-refractivity contribution in [2.45, 2.75) is 45.5 Å². The van der Waals surface area contributed by atoms with E-state index >= 15 is 0 Å². The maximum atomic E-state index is 13.8. The Morgan fingerprint density at radius 2 is 1.87 bits per heavy atom. The smallest absolute Gasteiger partial charge is 0.161 e. The zero-order chi connectivity index (χ0) is 21.3. The summed E-state index contributed by atoms with van der Waals surface area (Å²) in [6.07, 6.45) is 3.52. The van der Waals surface area contributed by atoms with Gasteiger partial charge in [0.25, 0.3) is 0 Å². The lowest BCUT2D eigenvalue weighted by Gasteiger charge is -2.22. The molecule has 1 atom stereocenters. The number of ether oxygens (including phenoxy) is 4. The number of carbonyl (C=O) groups is 1. The zero-order valence-corrected chi connectivity index (χ0v) is 17.0. The Bertz CT molecular complexity index is 829. The van der Waals surface area contributed by atoms with Crippen molar-refractivity contribution in [1.82, 2.24) is 0 Å². The molecule has 1 heterocycles. The van der Waals surface area contributed by atoms with Crippen LogP contribution in [0.25, 0.3) is 0 Å². The highest BCUT2D eigenvalue weighted by atomic mass is 19.1. The fourth-order valence-corrected chi connectivity index (χ4v) is 3.08. The number of rotatable bonds is 10. The van der Waals surface area contributed by atoms with E-state index in [0.29, 0.717) is 36.7 Å². The first-order valence-corrected chi connectivity index (χ1v) is 10.1. The minimum Gasteiger partial charge on any atom is -0.490 e. The molecule has 0 amide bonds. The van der Waals surface area contributed by atoms with E-state index in [2.05, 4.69) is 0 Å². The lowest BCUT2D eigenvalue weighted by Crippen LogP contribution is -2.23. The van der Waals surface area contributed by atoms with Gasteiger partial charge in [-0.25, -0.2) is 8.78 Å². The average Bonchev–Trinajstić information content (AvgIpc) is 2.74. The Kier molecular flexibility index (Phi) is 8.16. The summed E-state index contributed by atoms with van der Waals surface area (Å²) in [5.74, 6) is -0.836. The second-order valence-electron chi connectivity index (χ2n) is 7.08. The van der Waals surface area contributed by atoms with E-state index in [1.807, 2.05) is 0 Å². The first-order chi connectivity index (χ1) is 14.5. The van der Waals surface area contributed by atoms with Gasteiger partial charge in [0.2, 0.25) is 0 Å². The van der Waals surface area contributed by atoms with Crippen LogP contribution in [0.15, 0.2) is 36.4 Å². The summed E-state index contributed by atoms with van der Waals surface area (Å²) < 4.78 is 50.3. The lowest BCUT2D eigenvalue weighted by molar-refractivity contribution is -0.163. The van der Waals surface area contributed by atoms with E-state index in [0.717, 1.165) is 25.9 Å². The fraction of sp³-hybridized carbons (Fsp3) is 0.435. The van der Waals surface area contributed by atoms with Crippen molar-refractivity contribution in [3.8, 4) is 11.5 Å². The van der Waals surface area contributed by atoms with Crippen molar-refractivity contribution < 1.29 is 32.5 Å². The predicted octanol–water partition coefficient (Wildman–Crippen LogP) is 5.06. The first kappa shape index (κ1) is 22.2. The van der Waals surface area contributed by atoms with Gasteiger partial charge in [-0.2, -0.15) is 0 Å². The van der Waals surface area contributed by atoms with Crippen molar-refractivity contribution >= 4 is 5.78 Å². The quantitative estimate of drug-likeness (QED) is 0.397. The summed E-state index contributed by atoms with van der Waals surface area (Å²) in [7, 11) is 0. The van der Waals surface area contributed by atoms with Gasteiger partial charge in [0.1, 0.15) is 18.2 Å². The van der Waals surface area contributed by atoms with E-state index in [4.69, 9.17) is 18.9 Å². The number of carbonyl (C=O) groups excluding carboxylic acids is 1. The second kappa shape index (κ2) is 11.0. The van der Waals surface area contributed by atoms with Crippen LogP contribution in [0, 0.1) is 11.6 Å². The van der Waals surface area contributed by atoms with Crippen LogP contribution >= 0.6 is 0 Å². The third-order valence-corrected chi connectivity index (χ3v) is 4.77. The number of benzene rings is 2. The van der Waals surface area contributed by atoms with Crippen molar-refractivity contribution in [1.29, 1.82) is 0 Å². The molecule has 0 N–H and O–H groups in total. The Balaban J connectivity index is 1.58. The Morgan fingerprint density at radius 3 is 2.57 bits per heavy atom. The van der Waals surface area contributed by atoms with Crippen LogP contribution in [0.1, 0.15) is 48.5 Å². The first-order valence-electron chi connectivity index (χ1n) is 10.1. The standard InChI is InChI=1S/C23H26F2O5/c1-16(26)17-9-10-21(30-15-18-19(24)6-4-7-20(18)25)22(14-17)27-12-5-13-29-23-8-2-3-11-28-23/h4,6-7,9-10,14,23H,2-3,5,8,11-13,15H2,1H3/t23-/m1/s1. The van der Waals surface area contributed by atoms with Crippen LogP contribution in [0.5, 0.6) is 11.5 Å². The minimum absolute atomic E-state index is 0.121. The molecular formula is C23H26F2O5. The van der Waals surface area contributed by atoms with Gasteiger partial charge in [0.05, 0.1) is 18.8 Å². The number of Topliss-reactive ketones (excluding diaryl/α,β-unsaturated/α-hetero) is 1. The van der Waals surface area contributed by atoms with E-state index < -0.39 is 11.6 Å². The SMILES string of the molecule is CC(=O)c1ccc(OCc2c(F)cccc2F)c(OCCCO[C@@H]2CCCCO2)c1. The second-order valence-corrected chi connectivity index (χ2v) is 7.08. The summed E-state index contributed by atoms with van der Waals surface area (Å²) >= 11 is 0. The van der Waals surface area contributed by atoms with Crippen LogP contribution in [0.2, 0.25) is 0 Å². The molecule has 1 saturated heterocycles. The van der Waals surface area contributed by atoms with Crippen LogP contribution < -0.4 is 9.47 Å². The van der Waals surface area contributed by atoms with E-state index in [-0.39, 0.29) is 24.2 Å². The van der Waals surface area contributed by atoms with Gasteiger partial charge >= 0.3 is 0 Å². The highest BCUT2D eigenvalue weighted by Gasteiger charge is 2.15. The highest BCUT2D eigenvalue weighted by molar-refractivity contribution is 5.94. The molecule has 162 valence electrons. The summed E-state index contributed by atoms with van der Waals surface area (Å²) in [5.41, 5.74) is 0.293. The molecule has 3 rings (SSSR count). The maximum absolute atomic E-state index is 13.8. The topological polar surface area (TPSA) is 54.0 Å². The molecule has 2 aromatic rings. The highest BCUT2D eigenvalue weighted by Crippen LogP contribution is 2.30. The summed E-state index contributed by atoms with van der Waals surface area (Å²) in [6, 6.07) is 8.37. The molecule has 0 radical (unpaired) electrons. The van der Waals surface area contributed by atoms with Crippen molar-refractivity contribution in [3.05, 3.63) is 59.2 Å². The van der Waals surface area contributed by atoms with Crippen molar-refractivity contribution in [2.75, 3.05) is 19.8 Å². The zero-order valence-electron chi connectivity index (χ0n) is 17.0. The Labute approximate surface area is 174 Å². The molecular weight excluding hydrogens is 394 g/mol. The third-order valence-electron chi connectivity index (χ3n) is 4.77. The average molecular weight is 420 g/mol. The summed E-state index contributed by atoms with van der Waals surface area (Å²) in [6.45, 7) is 2.69. The van der Waals surface area contributed by atoms with E-state index in [9.17, 15) is 13.6 Å². The normalized spacial score (nSPS) is 16.3. The molecule has 30 heavy (non-hydrogen) atoms. The monoisotopic (exact) mass is 420 g/mol.